The number of fused-ring (bicyclic) bond motifs is 8. The Labute approximate surface area is 298 Å². The van der Waals surface area contributed by atoms with Crippen LogP contribution in [-0.4, -0.2) is 8.07 Å². The number of nitrogens with zero attached hydrogens (tertiary/aromatic N) is 1. The first-order valence-electron chi connectivity index (χ1n) is 17.7. The average Bonchev–Trinajstić information content (AvgIpc) is 3.67. The molecule has 0 aliphatic carbocycles. The van der Waals surface area contributed by atoms with Crippen molar-refractivity contribution in [3.63, 3.8) is 0 Å². The summed E-state index contributed by atoms with van der Waals surface area (Å²) in [6.45, 7) is 4.94. The Hall–Kier alpha value is -6.16. The molecular weight excluding hydrogens is 635 g/mol. The molecule has 8 aromatic carbocycles. The van der Waals surface area contributed by atoms with E-state index in [1.54, 1.807) is 0 Å². The molecule has 2 nitrogen and oxygen atoms in total. The lowest BCUT2D eigenvalue weighted by molar-refractivity contribution is 0.670. The zero-order chi connectivity index (χ0) is 34.1. The van der Waals surface area contributed by atoms with Gasteiger partial charge in [0.2, 0.25) is 0 Å². The van der Waals surface area contributed by atoms with Gasteiger partial charge in [0, 0.05) is 33.4 Å². The van der Waals surface area contributed by atoms with Crippen LogP contribution in [0.4, 0.5) is 17.1 Å². The molecule has 0 bridgehead atoms. The summed E-state index contributed by atoms with van der Waals surface area (Å²) in [5, 5.41) is 7.75. The molecule has 0 amide bonds. The zero-order valence-corrected chi connectivity index (χ0v) is 29.6. The minimum absolute atomic E-state index is 0.940. The molecule has 10 rings (SSSR count). The van der Waals surface area contributed by atoms with Crippen molar-refractivity contribution in [1.82, 2.24) is 0 Å². The van der Waals surface area contributed by atoms with Gasteiger partial charge in [0.15, 0.2) is 0 Å². The molecule has 51 heavy (non-hydrogen) atoms. The second-order valence-corrected chi connectivity index (χ2v) is 18.5. The molecule has 9 aromatic rings. The SMILES string of the molecule is C[Si]1(C)c2ccc(N(c3ccc(-c4ccccc4)cc3)c3cccc(-c4ccc5ccccc5c4)c3)cc2-c2c1ccc1c2oc2ccccc21. The van der Waals surface area contributed by atoms with Gasteiger partial charge in [-0.3, -0.25) is 0 Å². The summed E-state index contributed by atoms with van der Waals surface area (Å²) >= 11 is 0. The van der Waals surface area contributed by atoms with Crippen LogP contribution < -0.4 is 15.3 Å². The molecule has 0 fully saturated rings. The van der Waals surface area contributed by atoms with E-state index in [0.717, 1.165) is 28.2 Å². The van der Waals surface area contributed by atoms with Crippen LogP contribution in [0.15, 0.2) is 180 Å². The second kappa shape index (κ2) is 11.4. The summed E-state index contributed by atoms with van der Waals surface area (Å²) in [5.41, 5.74) is 12.7. The molecular formula is C48H35NOSi. The summed E-state index contributed by atoms with van der Waals surface area (Å²) in [5.74, 6) is 0. The standard InChI is InChI=1S/C48H35NOSi/c1-51(2)45-27-25-40(31-43(45)47-46(51)28-26-42-41-17-8-9-18-44(41)50-48(42)47)49(38-23-21-34(22-24-38)32-11-4-3-5-12-32)39-16-10-15-36(30-39)37-20-19-33-13-6-7-14-35(33)29-37/h3-31H,1-2H3. The smallest absolute Gasteiger partial charge is 0.143 e. The van der Waals surface area contributed by atoms with Crippen LogP contribution >= 0.6 is 0 Å². The van der Waals surface area contributed by atoms with E-state index in [1.807, 2.05) is 0 Å². The molecule has 3 heteroatoms. The minimum atomic E-state index is -1.96. The molecule has 1 aliphatic rings. The fourth-order valence-electron chi connectivity index (χ4n) is 8.22. The van der Waals surface area contributed by atoms with Crippen molar-refractivity contribution >= 4 is 68.2 Å². The van der Waals surface area contributed by atoms with Gasteiger partial charge in [0.05, 0.1) is 0 Å². The molecule has 2 heterocycles. The number of rotatable bonds is 5. The Morgan fingerprint density at radius 3 is 1.94 bits per heavy atom. The first kappa shape index (κ1) is 29.7. The van der Waals surface area contributed by atoms with Gasteiger partial charge in [-0.1, -0.05) is 140 Å². The summed E-state index contributed by atoms with van der Waals surface area (Å²) < 4.78 is 6.67. The van der Waals surface area contributed by atoms with E-state index < -0.39 is 8.07 Å². The summed E-state index contributed by atoms with van der Waals surface area (Å²) in [6, 6.07) is 64.1. The van der Waals surface area contributed by atoms with Crippen molar-refractivity contribution in [2.45, 2.75) is 13.1 Å². The highest BCUT2D eigenvalue weighted by atomic mass is 28.3. The molecule has 1 aromatic heterocycles. The van der Waals surface area contributed by atoms with Crippen LogP contribution in [0.3, 0.4) is 0 Å². The summed E-state index contributed by atoms with van der Waals surface area (Å²) in [7, 11) is -1.96. The van der Waals surface area contributed by atoms with E-state index in [-0.39, 0.29) is 0 Å². The average molecular weight is 670 g/mol. The second-order valence-electron chi connectivity index (χ2n) is 14.2. The maximum absolute atomic E-state index is 6.67. The molecule has 1 aliphatic heterocycles. The van der Waals surface area contributed by atoms with Gasteiger partial charge >= 0.3 is 0 Å². The van der Waals surface area contributed by atoms with Crippen molar-refractivity contribution < 1.29 is 4.42 Å². The minimum Gasteiger partial charge on any atom is -0.455 e. The Bertz CT molecular complexity index is 2780. The van der Waals surface area contributed by atoms with E-state index in [4.69, 9.17) is 4.42 Å². The maximum Gasteiger partial charge on any atom is 0.143 e. The molecule has 0 saturated heterocycles. The molecule has 0 N–H and O–H groups in total. The van der Waals surface area contributed by atoms with E-state index in [2.05, 4.69) is 194 Å². The number of hydrogen-bond donors (Lipinski definition) is 0. The number of hydrogen-bond acceptors (Lipinski definition) is 2. The topological polar surface area (TPSA) is 16.4 Å². The van der Waals surface area contributed by atoms with Crippen molar-refractivity contribution in [3.05, 3.63) is 176 Å². The summed E-state index contributed by atoms with van der Waals surface area (Å²) in [4.78, 5) is 2.41. The Balaban J connectivity index is 1.16. The predicted octanol–water partition coefficient (Wildman–Crippen LogP) is 12.3. The van der Waals surface area contributed by atoms with Crippen LogP contribution in [0.2, 0.25) is 13.1 Å². The molecule has 0 atom stereocenters. The first-order valence-corrected chi connectivity index (χ1v) is 20.7. The van der Waals surface area contributed by atoms with Crippen molar-refractivity contribution in [2.75, 3.05) is 4.90 Å². The number of furan rings is 1. The highest BCUT2D eigenvalue weighted by Crippen LogP contribution is 2.43. The normalized spacial score (nSPS) is 13.1. The Kier molecular flexibility index (Phi) is 6.67. The number of benzene rings is 8. The lowest BCUT2D eigenvalue weighted by Gasteiger charge is -2.27. The molecule has 0 radical (unpaired) electrons. The van der Waals surface area contributed by atoms with Gasteiger partial charge in [-0.05, 0) is 97.5 Å². The van der Waals surface area contributed by atoms with E-state index in [1.165, 1.54) is 65.3 Å². The molecule has 242 valence electrons. The number of anilines is 3. The number of para-hydroxylation sites is 1. The lowest BCUT2D eigenvalue weighted by atomic mass is 9.99. The zero-order valence-electron chi connectivity index (χ0n) is 28.6. The van der Waals surface area contributed by atoms with Crippen LogP contribution in [0.25, 0.3) is 66.1 Å². The predicted molar refractivity (Wildman–Crippen MR) is 219 cm³/mol. The van der Waals surface area contributed by atoms with E-state index >= 15 is 0 Å². The van der Waals surface area contributed by atoms with Crippen LogP contribution in [0, 0.1) is 0 Å². The van der Waals surface area contributed by atoms with Gasteiger partial charge in [-0.25, -0.2) is 0 Å². The summed E-state index contributed by atoms with van der Waals surface area (Å²) in [6.07, 6.45) is 0. The third-order valence-electron chi connectivity index (χ3n) is 10.8. The fraction of sp³-hybridized carbons (Fsp3) is 0.0417. The van der Waals surface area contributed by atoms with Gasteiger partial charge in [0.25, 0.3) is 0 Å². The van der Waals surface area contributed by atoms with Crippen LogP contribution in [0.1, 0.15) is 0 Å². The van der Waals surface area contributed by atoms with Crippen molar-refractivity contribution in [2.24, 2.45) is 0 Å². The largest absolute Gasteiger partial charge is 0.455 e. The molecule has 0 unspecified atom stereocenters. The van der Waals surface area contributed by atoms with Crippen molar-refractivity contribution in [1.29, 1.82) is 0 Å². The van der Waals surface area contributed by atoms with Crippen LogP contribution in [0.5, 0.6) is 0 Å². The van der Waals surface area contributed by atoms with Gasteiger partial charge in [-0.2, -0.15) is 0 Å². The van der Waals surface area contributed by atoms with Crippen LogP contribution in [-0.2, 0) is 0 Å². The Morgan fingerprint density at radius 1 is 0.431 bits per heavy atom. The van der Waals surface area contributed by atoms with Gasteiger partial charge in [0.1, 0.15) is 19.2 Å². The van der Waals surface area contributed by atoms with Gasteiger partial charge in [-0.15, -0.1) is 0 Å². The maximum atomic E-state index is 6.67. The molecule has 0 spiro atoms. The highest BCUT2D eigenvalue weighted by molar-refractivity contribution is 7.04. The Morgan fingerprint density at radius 2 is 1.08 bits per heavy atom. The monoisotopic (exact) mass is 669 g/mol. The molecule has 0 saturated carbocycles. The lowest BCUT2D eigenvalue weighted by Crippen LogP contribution is -2.49. The quantitative estimate of drug-likeness (QED) is 0.170. The third kappa shape index (κ3) is 4.77. The first-order chi connectivity index (χ1) is 25.0. The van der Waals surface area contributed by atoms with Gasteiger partial charge < -0.3 is 9.32 Å². The fourth-order valence-corrected chi connectivity index (χ4v) is 11.3. The van der Waals surface area contributed by atoms with E-state index in [9.17, 15) is 0 Å². The highest BCUT2D eigenvalue weighted by Gasteiger charge is 2.40. The van der Waals surface area contributed by atoms with Crippen molar-refractivity contribution in [3.8, 4) is 33.4 Å². The van der Waals surface area contributed by atoms with E-state index in [0.29, 0.717) is 0 Å². The third-order valence-corrected chi connectivity index (χ3v) is 14.4.